The zero-order valence-corrected chi connectivity index (χ0v) is 18.1. The molecule has 0 aliphatic rings. The first kappa shape index (κ1) is 23.2. The number of hydrogen-bond donors (Lipinski definition) is 1. The highest BCUT2D eigenvalue weighted by Crippen LogP contribution is 2.23. The van der Waals surface area contributed by atoms with Crippen LogP contribution < -0.4 is 10.1 Å². The lowest BCUT2D eigenvalue weighted by Crippen LogP contribution is -2.28. The second kappa shape index (κ2) is 10.2. The molecule has 0 aliphatic heterocycles. The Bertz CT molecular complexity index is 1140. The highest BCUT2D eigenvalue weighted by atomic mass is 35.5. The first-order valence-electron chi connectivity index (χ1n) is 9.64. The number of halogens is 3. The third-order valence-electron chi connectivity index (χ3n) is 4.77. The quantitative estimate of drug-likeness (QED) is 0.475. The van der Waals surface area contributed by atoms with Crippen molar-refractivity contribution >= 4 is 23.5 Å². The number of esters is 1. The maximum absolute atomic E-state index is 13.8. The number of carbonyl (C=O) groups excluding carboxylic acids is 2. The van der Waals surface area contributed by atoms with E-state index in [2.05, 4.69) is 10.1 Å². The summed E-state index contributed by atoms with van der Waals surface area (Å²) in [5.41, 5.74) is 1.86. The molecule has 3 aromatic carbocycles. The van der Waals surface area contributed by atoms with Gasteiger partial charge in [0.2, 0.25) is 0 Å². The summed E-state index contributed by atoms with van der Waals surface area (Å²) in [7, 11) is 1.30. The van der Waals surface area contributed by atoms with Crippen molar-refractivity contribution in [2.24, 2.45) is 0 Å². The van der Waals surface area contributed by atoms with Crippen LogP contribution in [0.5, 0.6) is 5.75 Å². The van der Waals surface area contributed by atoms with E-state index in [9.17, 15) is 18.4 Å². The van der Waals surface area contributed by atoms with E-state index in [-0.39, 0.29) is 24.0 Å². The molecule has 1 atom stereocenters. The van der Waals surface area contributed by atoms with E-state index < -0.39 is 23.5 Å². The molecule has 8 heteroatoms. The summed E-state index contributed by atoms with van der Waals surface area (Å²) in [5, 5.41) is 3.20. The van der Waals surface area contributed by atoms with E-state index in [0.29, 0.717) is 16.1 Å². The molecule has 5 nitrogen and oxygen atoms in total. The lowest BCUT2D eigenvalue weighted by atomic mass is 10.0. The van der Waals surface area contributed by atoms with E-state index in [1.165, 1.54) is 13.2 Å². The molecule has 0 aliphatic carbocycles. The highest BCUT2D eigenvalue weighted by Gasteiger charge is 2.17. The van der Waals surface area contributed by atoms with Gasteiger partial charge in [0.1, 0.15) is 12.4 Å². The normalized spacial score (nSPS) is 11.5. The van der Waals surface area contributed by atoms with Crippen LogP contribution in [0.2, 0.25) is 5.02 Å². The standard InChI is InChI=1S/C24H20ClF2NO4/c1-14(15-3-5-16(6-4-15)24(30)31-2)28-23(29)20-11-18(25)8-7-17(20)13-32-22-12-19(26)9-10-21(22)27/h3-12,14H,13H2,1-2H3,(H,28,29)/t14-/m0/s1. The van der Waals surface area contributed by atoms with Crippen molar-refractivity contribution in [3.8, 4) is 5.75 Å². The van der Waals surface area contributed by atoms with Gasteiger partial charge < -0.3 is 14.8 Å². The molecular formula is C24H20ClF2NO4. The molecule has 0 aromatic heterocycles. The molecule has 3 aromatic rings. The van der Waals surface area contributed by atoms with Crippen LogP contribution in [-0.2, 0) is 11.3 Å². The SMILES string of the molecule is COC(=O)c1ccc([C@H](C)NC(=O)c2cc(Cl)ccc2COc2cc(F)ccc2F)cc1. The molecule has 0 fully saturated rings. The van der Waals surface area contributed by atoms with Crippen molar-refractivity contribution < 1.29 is 27.8 Å². The fraction of sp³-hybridized carbons (Fsp3) is 0.167. The number of rotatable bonds is 7. The molecule has 0 saturated carbocycles. The number of carbonyl (C=O) groups is 2. The third kappa shape index (κ3) is 5.62. The van der Waals surface area contributed by atoms with Gasteiger partial charge in [0.15, 0.2) is 11.6 Å². The smallest absolute Gasteiger partial charge is 0.337 e. The summed E-state index contributed by atoms with van der Waals surface area (Å²) < 4.78 is 37.3. The van der Waals surface area contributed by atoms with E-state index in [1.54, 1.807) is 43.3 Å². The van der Waals surface area contributed by atoms with Gasteiger partial charge in [0, 0.05) is 22.2 Å². The number of hydrogen-bond acceptors (Lipinski definition) is 4. The molecule has 0 spiro atoms. The largest absolute Gasteiger partial charge is 0.486 e. The number of methoxy groups -OCH3 is 1. The molecule has 0 unspecified atom stereocenters. The second-order valence-electron chi connectivity index (χ2n) is 6.97. The predicted molar refractivity (Wildman–Crippen MR) is 116 cm³/mol. The Morgan fingerprint density at radius 2 is 1.75 bits per heavy atom. The fourth-order valence-electron chi connectivity index (χ4n) is 3.01. The van der Waals surface area contributed by atoms with Crippen molar-refractivity contribution in [2.45, 2.75) is 19.6 Å². The Kier molecular flexibility index (Phi) is 7.43. The molecule has 0 radical (unpaired) electrons. The lowest BCUT2D eigenvalue weighted by Gasteiger charge is -2.17. The molecule has 166 valence electrons. The Morgan fingerprint density at radius 3 is 2.44 bits per heavy atom. The fourth-order valence-corrected chi connectivity index (χ4v) is 3.18. The van der Waals surface area contributed by atoms with Gasteiger partial charge in [-0.1, -0.05) is 29.8 Å². The van der Waals surface area contributed by atoms with Crippen molar-refractivity contribution in [1.82, 2.24) is 5.32 Å². The third-order valence-corrected chi connectivity index (χ3v) is 5.01. The molecular weight excluding hydrogens is 440 g/mol. The molecule has 1 N–H and O–H groups in total. The lowest BCUT2D eigenvalue weighted by molar-refractivity contribution is 0.0600. The molecule has 0 bridgehead atoms. The predicted octanol–water partition coefficient (Wildman–Crippen LogP) is 5.47. The first-order valence-corrected chi connectivity index (χ1v) is 10.0. The number of amides is 1. The van der Waals surface area contributed by atoms with Crippen LogP contribution in [0.1, 0.15) is 44.8 Å². The van der Waals surface area contributed by atoms with E-state index in [1.807, 2.05) is 0 Å². The van der Waals surface area contributed by atoms with Gasteiger partial charge in [-0.05, 0) is 48.9 Å². The minimum atomic E-state index is -0.713. The molecule has 1 amide bonds. The monoisotopic (exact) mass is 459 g/mol. The average molecular weight is 460 g/mol. The van der Waals surface area contributed by atoms with Crippen LogP contribution in [0.15, 0.2) is 60.7 Å². The number of nitrogens with one attached hydrogen (secondary N) is 1. The first-order chi connectivity index (χ1) is 15.3. The van der Waals surface area contributed by atoms with Gasteiger partial charge in [-0.15, -0.1) is 0 Å². The average Bonchev–Trinajstić information content (AvgIpc) is 2.79. The van der Waals surface area contributed by atoms with Crippen LogP contribution in [0, 0.1) is 11.6 Å². The summed E-state index contributed by atoms with van der Waals surface area (Å²) >= 11 is 6.06. The van der Waals surface area contributed by atoms with Crippen molar-refractivity contribution in [3.63, 3.8) is 0 Å². The highest BCUT2D eigenvalue weighted by molar-refractivity contribution is 6.31. The zero-order chi connectivity index (χ0) is 23.3. The summed E-state index contributed by atoms with van der Waals surface area (Å²) in [6.45, 7) is 1.62. The van der Waals surface area contributed by atoms with Gasteiger partial charge in [-0.25, -0.2) is 13.6 Å². The Balaban J connectivity index is 1.75. The van der Waals surface area contributed by atoms with Crippen LogP contribution >= 0.6 is 11.6 Å². The zero-order valence-electron chi connectivity index (χ0n) is 17.3. The Labute approximate surface area is 188 Å². The summed E-state index contributed by atoms with van der Waals surface area (Å²) in [5.74, 6) is -2.48. The topological polar surface area (TPSA) is 64.6 Å². The Hall–Kier alpha value is -3.45. The maximum Gasteiger partial charge on any atom is 0.337 e. The van der Waals surface area contributed by atoms with Gasteiger partial charge >= 0.3 is 5.97 Å². The number of benzene rings is 3. The van der Waals surface area contributed by atoms with Crippen molar-refractivity contribution in [2.75, 3.05) is 7.11 Å². The van der Waals surface area contributed by atoms with E-state index in [0.717, 1.165) is 23.8 Å². The maximum atomic E-state index is 13.8. The van der Waals surface area contributed by atoms with Gasteiger partial charge in [0.25, 0.3) is 5.91 Å². The Morgan fingerprint density at radius 1 is 1.03 bits per heavy atom. The van der Waals surface area contributed by atoms with Crippen LogP contribution in [0.3, 0.4) is 0 Å². The number of ether oxygens (including phenoxy) is 2. The summed E-state index contributed by atoms with van der Waals surface area (Å²) in [4.78, 5) is 24.5. The minimum absolute atomic E-state index is 0.164. The molecule has 0 saturated heterocycles. The van der Waals surface area contributed by atoms with E-state index >= 15 is 0 Å². The van der Waals surface area contributed by atoms with Gasteiger partial charge in [0.05, 0.1) is 18.7 Å². The van der Waals surface area contributed by atoms with Crippen LogP contribution in [0.25, 0.3) is 0 Å². The molecule has 32 heavy (non-hydrogen) atoms. The van der Waals surface area contributed by atoms with Crippen LogP contribution in [-0.4, -0.2) is 19.0 Å². The van der Waals surface area contributed by atoms with Crippen molar-refractivity contribution in [3.05, 3.63) is 99.6 Å². The second-order valence-corrected chi connectivity index (χ2v) is 7.41. The van der Waals surface area contributed by atoms with Gasteiger partial charge in [-0.3, -0.25) is 4.79 Å². The molecule has 3 rings (SSSR count). The van der Waals surface area contributed by atoms with Gasteiger partial charge in [-0.2, -0.15) is 0 Å². The molecule has 0 heterocycles. The summed E-state index contributed by atoms with van der Waals surface area (Å²) in [6.07, 6.45) is 0. The van der Waals surface area contributed by atoms with Crippen LogP contribution in [0.4, 0.5) is 8.78 Å². The minimum Gasteiger partial charge on any atom is -0.486 e. The van der Waals surface area contributed by atoms with E-state index in [4.69, 9.17) is 16.3 Å². The van der Waals surface area contributed by atoms with Crippen molar-refractivity contribution in [1.29, 1.82) is 0 Å². The summed E-state index contributed by atoms with van der Waals surface area (Å²) in [6, 6.07) is 13.8.